The van der Waals surface area contributed by atoms with Crippen LogP contribution in [0.1, 0.15) is 33.6 Å². The average molecular weight is 197 g/mol. The van der Waals surface area contributed by atoms with Crippen molar-refractivity contribution in [3.05, 3.63) is 0 Å². The van der Waals surface area contributed by atoms with E-state index in [1.54, 1.807) is 0 Å². The molecular formula is C12H23NO. The summed E-state index contributed by atoms with van der Waals surface area (Å²) in [6.45, 7) is 11.7. The highest BCUT2D eigenvalue weighted by Crippen LogP contribution is 2.35. The lowest BCUT2D eigenvalue weighted by atomic mass is 9.75. The van der Waals surface area contributed by atoms with Gasteiger partial charge in [0.25, 0.3) is 0 Å². The fourth-order valence-corrected chi connectivity index (χ4v) is 2.41. The van der Waals surface area contributed by atoms with Crippen LogP contribution >= 0.6 is 0 Å². The standard InChI is InChI=1S/C12H23NO/c1-12(2,3)10-8-13(9-10)11-4-6-14-7-5-11/h10-11H,4-9H2,1-3H3. The van der Waals surface area contributed by atoms with Gasteiger partial charge in [-0.2, -0.15) is 0 Å². The van der Waals surface area contributed by atoms with Crippen LogP contribution in [0.25, 0.3) is 0 Å². The first-order chi connectivity index (χ1) is 6.57. The zero-order valence-electron chi connectivity index (χ0n) is 9.75. The summed E-state index contributed by atoms with van der Waals surface area (Å²) in [5.41, 5.74) is 0.502. The maximum atomic E-state index is 5.39. The Morgan fingerprint density at radius 3 is 2.14 bits per heavy atom. The molecule has 0 N–H and O–H groups in total. The number of hydrogen-bond donors (Lipinski definition) is 0. The van der Waals surface area contributed by atoms with Crippen LogP contribution in [0.15, 0.2) is 0 Å². The number of nitrogens with zero attached hydrogens (tertiary/aromatic N) is 1. The molecule has 2 nitrogen and oxygen atoms in total. The highest BCUT2D eigenvalue weighted by Gasteiger charge is 2.38. The van der Waals surface area contributed by atoms with E-state index in [4.69, 9.17) is 4.74 Å². The molecule has 2 aliphatic rings. The van der Waals surface area contributed by atoms with Crippen molar-refractivity contribution < 1.29 is 4.74 Å². The van der Waals surface area contributed by atoms with Crippen LogP contribution < -0.4 is 0 Å². The van der Waals surface area contributed by atoms with E-state index in [9.17, 15) is 0 Å². The SMILES string of the molecule is CC(C)(C)C1CN(C2CCOCC2)C1. The van der Waals surface area contributed by atoms with Gasteiger partial charge in [0.05, 0.1) is 0 Å². The Bertz CT molecular complexity index is 185. The smallest absolute Gasteiger partial charge is 0.0480 e. The van der Waals surface area contributed by atoms with Gasteiger partial charge in [0.15, 0.2) is 0 Å². The van der Waals surface area contributed by atoms with Crippen LogP contribution in [0.4, 0.5) is 0 Å². The van der Waals surface area contributed by atoms with Crippen molar-refractivity contribution >= 4 is 0 Å². The molecule has 0 bridgehead atoms. The molecule has 0 spiro atoms. The van der Waals surface area contributed by atoms with Crippen molar-refractivity contribution in [3.63, 3.8) is 0 Å². The minimum Gasteiger partial charge on any atom is -0.381 e. The lowest BCUT2D eigenvalue weighted by Gasteiger charge is -2.50. The van der Waals surface area contributed by atoms with Crippen molar-refractivity contribution in [2.75, 3.05) is 26.3 Å². The Kier molecular flexibility index (Phi) is 2.85. The zero-order chi connectivity index (χ0) is 10.2. The van der Waals surface area contributed by atoms with Gasteiger partial charge in [-0.3, -0.25) is 4.90 Å². The summed E-state index contributed by atoms with van der Waals surface area (Å²) in [6, 6.07) is 0.822. The second kappa shape index (κ2) is 3.82. The summed E-state index contributed by atoms with van der Waals surface area (Å²) >= 11 is 0. The Balaban J connectivity index is 1.76. The molecule has 0 unspecified atom stereocenters. The van der Waals surface area contributed by atoms with E-state index in [-0.39, 0.29) is 0 Å². The van der Waals surface area contributed by atoms with Gasteiger partial charge in [0, 0.05) is 32.3 Å². The molecule has 2 heterocycles. The van der Waals surface area contributed by atoms with Crippen LogP contribution in [0.5, 0.6) is 0 Å². The predicted octanol–water partition coefficient (Wildman–Crippen LogP) is 2.14. The Morgan fingerprint density at radius 2 is 1.64 bits per heavy atom. The van der Waals surface area contributed by atoms with Gasteiger partial charge in [-0.25, -0.2) is 0 Å². The van der Waals surface area contributed by atoms with E-state index in [0.717, 1.165) is 25.2 Å². The fourth-order valence-electron chi connectivity index (χ4n) is 2.41. The molecule has 82 valence electrons. The first-order valence-electron chi connectivity index (χ1n) is 5.89. The molecular weight excluding hydrogens is 174 g/mol. The maximum absolute atomic E-state index is 5.39. The quantitative estimate of drug-likeness (QED) is 0.638. The van der Waals surface area contributed by atoms with E-state index >= 15 is 0 Å². The van der Waals surface area contributed by atoms with Gasteiger partial charge in [-0.05, 0) is 24.2 Å². The molecule has 0 atom stereocenters. The Hall–Kier alpha value is -0.0800. The van der Waals surface area contributed by atoms with E-state index in [1.807, 2.05) is 0 Å². The minimum atomic E-state index is 0.502. The maximum Gasteiger partial charge on any atom is 0.0480 e. The Labute approximate surface area is 87.6 Å². The number of hydrogen-bond acceptors (Lipinski definition) is 2. The topological polar surface area (TPSA) is 12.5 Å². The van der Waals surface area contributed by atoms with Crippen LogP contribution in [0, 0.1) is 11.3 Å². The first-order valence-corrected chi connectivity index (χ1v) is 5.89. The molecule has 0 aliphatic carbocycles. The van der Waals surface area contributed by atoms with Crippen LogP contribution in [0.3, 0.4) is 0 Å². The van der Waals surface area contributed by atoms with Crippen molar-refractivity contribution in [2.24, 2.45) is 11.3 Å². The summed E-state index contributed by atoms with van der Waals surface area (Å²) < 4.78 is 5.39. The van der Waals surface area contributed by atoms with Gasteiger partial charge >= 0.3 is 0 Å². The second-order valence-electron chi connectivity index (χ2n) is 5.86. The van der Waals surface area contributed by atoms with Gasteiger partial charge in [0.2, 0.25) is 0 Å². The normalized spacial score (nSPS) is 27.6. The lowest BCUT2D eigenvalue weighted by Crippen LogP contribution is -2.57. The summed E-state index contributed by atoms with van der Waals surface area (Å²) in [5, 5.41) is 0. The molecule has 2 heteroatoms. The first kappa shape index (κ1) is 10.4. The average Bonchev–Trinajstić information content (AvgIpc) is 2.00. The highest BCUT2D eigenvalue weighted by atomic mass is 16.5. The van der Waals surface area contributed by atoms with E-state index in [1.165, 1.54) is 25.9 Å². The van der Waals surface area contributed by atoms with E-state index < -0.39 is 0 Å². The molecule has 2 aliphatic heterocycles. The lowest BCUT2D eigenvalue weighted by molar-refractivity contribution is -0.0455. The fraction of sp³-hybridized carbons (Fsp3) is 1.00. The number of likely N-dealkylation sites (tertiary alicyclic amines) is 1. The second-order valence-corrected chi connectivity index (χ2v) is 5.86. The highest BCUT2D eigenvalue weighted by molar-refractivity contribution is 4.91. The Morgan fingerprint density at radius 1 is 1.07 bits per heavy atom. The van der Waals surface area contributed by atoms with Crippen molar-refractivity contribution in [1.29, 1.82) is 0 Å². The summed E-state index contributed by atoms with van der Waals surface area (Å²) in [4.78, 5) is 2.65. The van der Waals surface area contributed by atoms with Gasteiger partial charge in [0.1, 0.15) is 0 Å². The number of rotatable bonds is 1. The molecule has 0 saturated carbocycles. The molecule has 0 aromatic heterocycles. The van der Waals surface area contributed by atoms with Gasteiger partial charge in [-0.15, -0.1) is 0 Å². The molecule has 0 aromatic rings. The van der Waals surface area contributed by atoms with Crippen LogP contribution in [-0.4, -0.2) is 37.2 Å². The third kappa shape index (κ3) is 2.12. The third-order valence-corrected chi connectivity index (χ3v) is 3.84. The molecule has 2 saturated heterocycles. The predicted molar refractivity (Wildman–Crippen MR) is 58.4 cm³/mol. The molecule has 2 fully saturated rings. The van der Waals surface area contributed by atoms with Gasteiger partial charge < -0.3 is 4.74 Å². The molecule has 2 rings (SSSR count). The van der Waals surface area contributed by atoms with Gasteiger partial charge in [-0.1, -0.05) is 20.8 Å². The monoisotopic (exact) mass is 197 g/mol. The zero-order valence-corrected chi connectivity index (χ0v) is 9.75. The molecule has 0 radical (unpaired) electrons. The third-order valence-electron chi connectivity index (χ3n) is 3.84. The summed E-state index contributed by atoms with van der Waals surface area (Å²) in [6.07, 6.45) is 2.49. The largest absolute Gasteiger partial charge is 0.381 e. The van der Waals surface area contributed by atoms with Crippen LogP contribution in [-0.2, 0) is 4.74 Å². The van der Waals surface area contributed by atoms with E-state index in [0.29, 0.717) is 5.41 Å². The van der Waals surface area contributed by atoms with Crippen molar-refractivity contribution in [2.45, 2.75) is 39.7 Å². The minimum absolute atomic E-state index is 0.502. The van der Waals surface area contributed by atoms with E-state index in [2.05, 4.69) is 25.7 Å². The van der Waals surface area contributed by atoms with Crippen molar-refractivity contribution in [1.82, 2.24) is 4.90 Å². The summed E-state index contributed by atoms with van der Waals surface area (Å²) in [7, 11) is 0. The molecule has 0 amide bonds. The van der Waals surface area contributed by atoms with Crippen molar-refractivity contribution in [3.8, 4) is 0 Å². The molecule has 0 aromatic carbocycles. The number of ether oxygens (including phenoxy) is 1. The van der Waals surface area contributed by atoms with Crippen LogP contribution in [0.2, 0.25) is 0 Å². The summed E-state index contributed by atoms with van der Waals surface area (Å²) in [5.74, 6) is 0.908. The molecule has 14 heavy (non-hydrogen) atoms.